The third kappa shape index (κ3) is 3.74. The van der Waals surface area contributed by atoms with Crippen molar-refractivity contribution < 1.29 is 14.3 Å². The van der Waals surface area contributed by atoms with Crippen molar-refractivity contribution in [2.24, 2.45) is 0 Å². The van der Waals surface area contributed by atoms with Gasteiger partial charge in [-0.15, -0.1) is 0 Å². The summed E-state index contributed by atoms with van der Waals surface area (Å²) in [4.78, 5) is 13.3. The molecule has 0 heterocycles. The van der Waals surface area contributed by atoms with E-state index in [1.165, 1.54) is 0 Å². The molecule has 0 aliphatic rings. The van der Waals surface area contributed by atoms with Gasteiger partial charge in [-0.2, -0.15) is 0 Å². The highest BCUT2D eigenvalue weighted by Crippen LogP contribution is 2.29. The molecule has 1 aromatic rings. The average Bonchev–Trinajstić information content (AvgIpc) is 2.48. The zero-order chi connectivity index (χ0) is 14.3. The van der Waals surface area contributed by atoms with E-state index in [0.717, 1.165) is 24.9 Å². The minimum Gasteiger partial charge on any atom is -0.493 e. The quantitative estimate of drug-likeness (QED) is 0.560. The average molecular weight is 263 g/mol. The third-order valence-corrected chi connectivity index (χ3v) is 2.98. The van der Waals surface area contributed by atoms with Crippen LogP contribution in [0.5, 0.6) is 11.5 Å². The zero-order valence-electron chi connectivity index (χ0n) is 12.0. The number of ether oxygens (including phenoxy) is 2. The highest BCUT2D eigenvalue weighted by molar-refractivity contribution is 6.06. The molecule has 104 valence electrons. The Morgan fingerprint density at radius 1 is 1.16 bits per heavy atom. The number of methoxy groups -OCH3 is 2. The van der Waals surface area contributed by atoms with E-state index in [0.29, 0.717) is 17.1 Å². The fourth-order valence-corrected chi connectivity index (χ4v) is 1.79. The summed E-state index contributed by atoms with van der Waals surface area (Å²) in [6.07, 6.45) is 2.73. The van der Waals surface area contributed by atoms with Crippen LogP contribution in [0.25, 0.3) is 5.57 Å². The number of carbonyl (C=O) groups is 1. The van der Waals surface area contributed by atoms with Crippen molar-refractivity contribution in [3.8, 4) is 11.5 Å². The second kappa shape index (κ2) is 7.46. The van der Waals surface area contributed by atoms with Crippen molar-refractivity contribution in [1.29, 1.82) is 0 Å². The van der Waals surface area contributed by atoms with Crippen LogP contribution in [0, 0.1) is 0 Å². The lowest BCUT2D eigenvalue weighted by molar-refractivity contribution is -0.103. The number of benzene rings is 1. The van der Waals surface area contributed by atoms with Crippen molar-refractivity contribution in [2.45, 2.75) is 13.8 Å². The number of rotatable bonds is 7. The Morgan fingerprint density at radius 2 is 1.79 bits per heavy atom. The van der Waals surface area contributed by atoms with Gasteiger partial charge in [0, 0.05) is 24.9 Å². The number of carbonyl (C=O) groups excluding carboxylic acids is 1. The fourth-order valence-electron chi connectivity index (χ4n) is 1.79. The molecule has 0 spiro atoms. The van der Waals surface area contributed by atoms with Gasteiger partial charge in [-0.1, -0.05) is 6.07 Å². The van der Waals surface area contributed by atoms with E-state index in [9.17, 15) is 4.79 Å². The van der Waals surface area contributed by atoms with E-state index in [-0.39, 0.29) is 0 Å². The summed E-state index contributed by atoms with van der Waals surface area (Å²) in [6.45, 7) is 5.83. The van der Waals surface area contributed by atoms with Gasteiger partial charge in [-0.05, 0) is 31.5 Å². The molecule has 0 amide bonds. The summed E-state index contributed by atoms with van der Waals surface area (Å²) in [5.74, 6) is 1.27. The molecule has 0 saturated carbocycles. The molecule has 0 saturated heterocycles. The molecular formula is C15H21NO3. The van der Waals surface area contributed by atoms with Crippen LogP contribution in [0.1, 0.15) is 19.4 Å². The predicted molar refractivity (Wildman–Crippen MR) is 76.5 cm³/mol. The standard InChI is InChI=1S/C15H21NO3/c1-5-16(6-2)10-13(11-17)12-7-8-14(18-3)15(9-12)19-4/h7-11H,5-6H2,1-4H3/b13-10+. The summed E-state index contributed by atoms with van der Waals surface area (Å²) in [6, 6.07) is 5.46. The summed E-state index contributed by atoms with van der Waals surface area (Å²) < 4.78 is 10.4. The van der Waals surface area contributed by atoms with Crippen LogP contribution in [-0.4, -0.2) is 38.5 Å². The van der Waals surface area contributed by atoms with Crippen LogP contribution in [0.15, 0.2) is 24.4 Å². The molecule has 0 bridgehead atoms. The number of nitrogens with zero attached hydrogens (tertiary/aromatic N) is 1. The predicted octanol–water partition coefficient (Wildman–Crippen LogP) is 2.59. The largest absolute Gasteiger partial charge is 0.493 e. The van der Waals surface area contributed by atoms with Crippen LogP contribution in [-0.2, 0) is 4.79 Å². The molecule has 1 aromatic carbocycles. The van der Waals surface area contributed by atoms with E-state index in [2.05, 4.69) is 18.7 Å². The summed E-state index contributed by atoms with van der Waals surface area (Å²) in [5.41, 5.74) is 1.45. The fraction of sp³-hybridized carbons (Fsp3) is 0.400. The molecule has 0 aliphatic carbocycles. The molecule has 19 heavy (non-hydrogen) atoms. The van der Waals surface area contributed by atoms with Crippen LogP contribution >= 0.6 is 0 Å². The first-order valence-corrected chi connectivity index (χ1v) is 6.33. The SMILES string of the molecule is CCN(/C=C(\C=O)c1ccc(OC)c(OC)c1)CC. The van der Waals surface area contributed by atoms with Crippen molar-refractivity contribution >= 4 is 11.9 Å². The van der Waals surface area contributed by atoms with Crippen LogP contribution in [0.2, 0.25) is 0 Å². The third-order valence-electron chi connectivity index (χ3n) is 2.98. The van der Waals surface area contributed by atoms with E-state index < -0.39 is 0 Å². The van der Waals surface area contributed by atoms with Crippen molar-refractivity contribution in [2.75, 3.05) is 27.3 Å². The Balaban J connectivity index is 3.15. The monoisotopic (exact) mass is 263 g/mol. The summed E-state index contributed by atoms with van der Waals surface area (Å²) >= 11 is 0. The normalized spacial score (nSPS) is 11.1. The molecule has 0 unspecified atom stereocenters. The first-order chi connectivity index (χ1) is 9.19. The van der Waals surface area contributed by atoms with Gasteiger partial charge in [0.05, 0.1) is 14.2 Å². The van der Waals surface area contributed by atoms with Crippen LogP contribution in [0.4, 0.5) is 0 Å². The number of allylic oxidation sites excluding steroid dienone is 1. The second-order valence-corrected chi connectivity index (χ2v) is 3.99. The maximum Gasteiger partial charge on any atom is 0.161 e. The van der Waals surface area contributed by atoms with Gasteiger partial charge < -0.3 is 14.4 Å². The van der Waals surface area contributed by atoms with Gasteiger partial charge in [-0.25, -0.2) is 0 Å². The number of hydrogen-bond donors (Lipinski definition) is 0. The van der Waals surface area contributed by atoms with Crippen molar-refractivity contribution in [3.05, 3.63) is 30.0 Å². The first-order valence-electron chi connectivity index (χ1n) is 6.33. The van der Waals surface area contributed by atoms with Gasteiger partial charge >= 0.3 is 0 Å². The molecule has 0 aromatic heterocycles. The Morgan fingerprint density at radius 3 is 2.26 bits per heavy atom. The first kappa shape index (κ1) is 15.1. The smallest absolute Gasteiger partial charge is 0.161 e. The molecule has 4 heteroatoms. The lowest BCUT2D eigenvalue weighted by Crippen LogP contribution is -2.16. The van der Waals surface area contributed by atoms with Gasteiger partial charge in [0.2, 0.25) is 0 Å². The lowest BCUT2D eigenvalue weighted by Gasteiger charge is -2.17. The molecule has 0 fully saturated rings. The van der Waals surface area contributed by atoms with Gasteiger partial charge in [0.25, 0.3) is 0 Å². The molecule has 0 atom stereocenters. The van der Waals surface area contributed by atoms with E-state index in [4.69, 9.17) is 9.47 Å². The Hall–Kier alpha value is -1.97. The van der Waals surface area contributed by atoms with Gasteiger partial charge in [0.1, 0.15) is 0 Å². The molecule has 0 radical (unpaired) electrons. The molecular weight excluding hydrogens is 242 g/mol. The Kier molecular flexibility index (Phi) is 5.93. The van der Waals surface area contributed by atoms with Crippen molar-refractivity contribution in [1.82, 2.24) is 4.90 Å². The van der Waals surface area contributed by atoms with E-state index in [1.807, 2.05) is 18.3 Å². The zero-order valence-corrected chi connectivity index (χ0v) is 12.0. The highest BCUT2D eigenvalue weighted by atomic mass is 16.5. The Labute approximate surface area is 114 Å². The second-order valence-electron chi connectivity index (χ2n) is 3.99. The lowest BCUT2D eigenvalue weighted by atomic mass is 10.1. The number of aldehydes is 1. The molecule has 1 rings (SSSR count). The van der Waals surface area contributed by atoms with Gasteiger partial charge in [-0.3, -0.25) is 4.79 Å². The highest BCUT2D eigenvalue weighted by Gasteiger charge is 2.08. The van der Waals surface area contributed by atoms with Crippen molar-refractivity contribution in [3.63, 3.8) is 0 Å². The molecule has 4 nitrogen and oxygen atoms in total. The van der Waals surface area contributed by atoms with E-state index >= 15 is 0 Å². The van der Waals surface area contributed by atoms with E-state index in [1.54, 1.807) is 20.3 Å². The Bertz CT molecular complexity index is 451. The van der Waals surface area contributed by atoms with Crippen LogP contribution < -0.4 is 9.47 Å². The van der Waals surface area contributed by atoms with Gasteiger partial charge in [0.15, 0.2) is 17.8 Å². The topological polar surface area (TPSA) is 38.8 Å². The minimum absolute atomic E-state index is 0.618. The summed E-state index contributed by atoms with van der Waals surface area (Å²) in [5, 5.41) is 0. The molecule has 0 aliphatic heterocycles. The maximum atomic E-state index is 11.3. The maximum absolute atomic E-state index is 11.3. The molecule has 0 N–H and O–H groups in total. The minimum atomic E-state index is 0.618. The number of hydrogen-bond acceptors (Lipinski definition) is 4. The summed E-state index contributed by atoms with van der Waals surface area (Å²) in [7, 11) is 3.17. The van der Waals surface area contributed by atoms with Crippen LogP contribution in [0.3, 0.4) is 0 Å².